The number of carbonyl (C=O) groups is 1. The minimum Gasteiger partial charge on any atom is -0.481 e. The second-order valence-electron chi connectivity index (χ2n) is 7.28. The van der Waals surface area contributed by atoms with Gasteiger partial charge in [0.1, 0.15) is 0 Å². The fourth-order valence-electron chi connectivity index (χ4n) is 3.89. The molecular formula is C25H25N3O2. The first kappa shape index (κ1) is 19.7. The highest BCUT2D eigenvalue weighted by Crippen LogP contribution is 2.28. The van der Waals surface area contributed by atoms with Gasteiger partial charge in [-0.15, -0.1) is 0 Å². The van der Waals surface area contributed by atoms with E-state index in [1.165, 1.54) is 11.1 Å². The minimum atomic E-state index is -0.0959. The molecule has 30 heavy (non-hydrogen) atoms. The summed E-state index contributed by atoms with van der Waals surface area (Å²) < 4.78 is 7.05. The summed E-state index contributed by atoms with van der Waals surface area (Å²) in [5.74, 6) is 0.821. The number of amides is 1. The predicted molar refractivity (Wildman–Crippen MR) is 119 cm³/mol. The number of ether oxygens (including phenoxy) is 1. The van der Waals surface area contributed by atoms with Crippen molar-refractivity contribution < 1.29 is 9.53 Å². The molecule has 5 heteroatoms. The molecule has 0 saturated carbocycles. The second kappa shape index (κ2) is 8.82. The Balaban J connectivity index is 1.47. The van der Waals surface area contributed by atoms with Crippen LogP contribution in [0.4, 0.5) is 0 Å². The Morgan fingerprint density at radius 3 is 2.23 bits per heavy atom. The standard InChI is InChI=1S/C25H25N3O2/c1-28-25(30-2)22-14-13-20(17-23(22)27-28)24(29)26-16-15-21(18-9-5-3-6-10-18)19-11-7-4-8-12-19/h3-14,17,21H,15-16H2,1-2H3,(H,26,29). The van der Waals surface area contributed by atoms with Gasteiger partial charge >= 0.3 is 0 Å². The molecule has 1 aromatic heterocycles. The van der Waals surface area contributed by atoms with Crippen LogP contribution in [0.15, 0.2) is 78.9 Å². The highest BCUT2D eigenvalue weighted by Gasteiger charge is 2.16. The molecule has 0 aliphatic carbocycles. The van der Waals surface area contributed by atoms with E-state index in [1.54, 1.807) is 17.9 Å². The van der Waals surface area contributed by atoms with Crippen molar-refractivity contribution in [2.75, 3.05) is 13.7 Å². The third kappa shape index (κ3) is 4.06. The number of aromatic nitrogens is 2. The maximum Gasteiger partial charge on any atom is 0.251 e. The molecule has 0 radical (unpaired) electrons. The van der Waals surface area contributed by atoms with E-state index in [1.807, 2.05) is 31.3 Å². The van der Waals surface area contributed by atoms with Crippen molar-refractivity contribution in [1.82, 2.24) is 15.1 Å². The Bertz CT molecular complexity index is 1100. The van der Waals surface area contributed by atoms with Gasteiger partial charge in [-0.2, -0.15) is 5.10 Å². The van der Waals surface area contributed by atoms with Crippen molar-refractivity contribution in [2.24, 2.45) is 7.05 Å². The van der Waals surface area contributed by atoms with E-state index in [0.717, 1.165) is 17.3 Å². The number of hydrogen-bond acceptors (Lipinski definition) is 3. The molecule has 0 atom stereocenters. The third-order valence-electron chi connectivity index (χ3n) is 5.36. The first-order valence-corrected chi connectivity index (χ1v) is 10.1. The van der Waals surface area contributed by atoms with E-state index in [2.05, 4.69) is 58.9 Å². The molecule has 0 bridgehead atoms. The van der Waals surface area contributed by atoms with Gasteiger partial charge in [-0.3, -0.25) is 4.79 Å². The SMILES string of the molecule is COc1c2ccc(C(=O)NCCC(c3ccccc3)c3ccccc3)cc2nn1C. The van der Waals surface area contributed by atoms with Gasteiger partial charge < -0.3 is 10.1 Å². The van der Waals surface area contributed by atoms with Crippen molar-refractivity contribution in [3.05, 3.63) is 95.6 Å². The zero-order chi connectivity index (χ0) is 20.9. The average Bonchev–Trinajstić information content (AvgIpc) is 3.11. The van der Waals surface area contributed by atoms with Gasteiger partial charge in [-0.05, 0) is 35.7 Å². The Morgan fingerprint density at radius 2 is 1.63 bits per heavy atom. The lowest BCUT2D eigenvalue weighted by molar-refractivity contribution is 0.0953. The molecule has 0 spiro atoms. The molecule has 0 aliphatic heterocycles. The van der Waals surface area contributed by atoms with Crippen LogP contribution < -0.4 is 10.1 Å². The highest BCUT2D eigenvalue weighted by atomic mass is 16.5. The van der Waals surface area contributed by atoms with Crippen LogP contribution in [-0.2, 0) is 7.05 Å². The van der Waals surface area contributed by atoms with Gasteiger partial charge in [0.2, 0.25) is 5.88 Å². The Morgan fingerprint density at radius 1 is 1.00 bits per heavy atom. The van der Waals surface area contributed by atoms with E-state index in [9.17, 15) is 4.79 Å². The minimum absolute atomic E-state index is 0.0959. The monoisotopic (exact) mass is 399 g/mol. The molecule has 0 fully saturated rings. The maximum absolute atomic E-state index is 12.7. The van der Waals surface area contributed by atoms with E-state index in [-0.39, 0.29) is 11.8 Å². The van der Waals surface area contributed by atoms with Crippen LogP contribution in [0.2, 0.25) is 0 Å². The van der Waals surface area contributed by atoms with Crippen LogP contribution in [0.25, 0.3) is 10.9 Å². The van der Waals surface area contributed by atoms with Crippen molar-refractivity contribution in [2.45, 2.75) is 12.3 Å². The van der Waals surface area contributed by atoms with Crippen molar-refractivity contribution in [3.8, 4) is 5.88 Å². The molecule has 0 aliphatic rings. The highest BCUT2D eigenvalue weighted by molar-refractivity contribution is 5.98. The molecule has 5 nitrogen and oxygen atoms in total. The molecule has 1 amide bonds. The first-order chi connectivity index (χ1) is 14.7. The number of fused-ring (bicyclic) bond motifs is 1. The number of hydrogen-bond donors (Lipinski definition) is 1. The predicted octanol–water partition coefficient (Wildman–Crippen LogP) is 4.53. The molecule has 4 rings (SSSR count). The molecule has 152 valence electrons. The number of nitrogens with zero attached hydrogens (tertiary/aromatic N) is 2. The summed E-state index contributed by atoms with van der Waals surface area (Å²) in [6.45, 7) is 0.580. The molecule has 1 N–H and O–H groups in total. The van der Waals surface area contributed by atoms with Crippen molar-refractivity contribution in [3.63, 3.8) is 0 Å². The Kier molecular flexibility index (Phi) is 5.80. The Hall–Kier alpha value is -3.60. The lowest BCUT2D eigenvalue weighted by Gasteiger charge is -2.18. The van der Waals surface area contributed by atoms with Gasteiger partial charge in [0.05, 0.1) is 18.0 Å². The quantitative estimate of drug-likeness (QED) is 0.497. The Labute approximate surface area is 176 Å². The number of carbonyl (C=O) groups excluding carboxylic acids is 1. The van der Waals surface area contributed by atoms with E-state index in [0.29, 0.717) is 18.0 Å². The van der Waals surface area contributed by atoms with E-state index < -0.39 is 0 Å². The van der Waals surface area contributed by atoms with Gasteiger partial charge in [0, 0.05) is 25.1 Å². The van der Waals surface area contributed by atoms with Crippen LogP contribution in [0.1, 0.15) is 33.8 Å². The van der Waals surface area contributed by atoms with Crippen molar-refractivity contribution >= 4 is 16.8 Å². The van der Waals surface area contributed by atoms with Crippen LogP contribution in [0.5, 0.6) is 5.88 Å². The van der Waals surface area contributed by atoms with E-state index in [4.69, 9.17) is 4.74 Å². The number of methoxy groups -OCH3 is 1. The van der Waals surface area contributed by atoms with Crippen LogP contribution in [0, 0.1) is 0 Å². The zero-order valence-corrected chi connectivity index (χ0v) is 17.2. The smallest absolute Gasteiger partial charge is 0.251 e. The van der Waals surface area contributed by atoms with Gasteiger partial charge in [0.25, 0.3) is 5.91 Å². The summed E-state index contributed by atoms with van der Waals surface area (Å²) in [5, 5.41) is 8.38. The van der Waals surface area contributed by atoms with Crippen LogP contribution in [-0.4, -0.2) is 29.3 Å². The third-order valence-corrected chi connectivity index (χ3v) is 5.36. The fraction of sp³-hybridized carbons (Fsp3) is 0.200. The van der Waals surface area contributed by atoms with Gasteiger partial charge in [0.15, 0.2) is 0 Å². The van der Waals surface area contributed by atoms with Gasteiger partial charge in [-0.25, -0.2) is 4.68 Å². The summed E-state index contributed by atoms with van der Waals surface area (Å²) in [7, 11) is 3.44. The number of benzene rings is 3. The summed E-state index contributed by atoms with van der Waals surface area (Å²) in [4.78, 5) is 12.7. The maximum atomic E-state index is 12.7. The summed E-state index contributed by atoms with van der Waals surface area (Å²) in [6, 6.07) is 26.3. The number of aryl methyl sites for hydroxylation is 1. The number of rotatable bonds is 7. The molecule has 0 unspecified atom stereocenters. The topological polar surface area (TPSA) is 56.1 Å². The average molecular weight is 399 g/mol. The molecule has 1 heterocycles. The first-order valence-electron chi connectivity index (χ1n) is 10.1. The van der Waals surface area contributed by atoms with Gasteiger partial charge in [-0.1, -0.05) is 60.7 Å². The molecule has 3 aromatic carbocycles. The summed E-state index contributed by atoms with van der Waals surface area (Å²) in [5.41, 5.74) is 3.84. The lowest BCUT2D eigenvalue weighted by Crippen LogP contribution is -2.25. The fourth-order valence-corrected chi connectivity index (χ4v) is 3.89. The largest absolute Gasteiger partial charge is 0.481 e. The summed E-state index contributed by atoms with van der Waals surface area (Å²) in [6.07, 6.45) is 0.819. The van der Waals surface area contributed by atoms with Crippen LogP contribution >= 0.6 is 0 Å². The molecule has 4 aromatic rings. The molecular weight excluding hydrogens is 374 g/mol. The number of nitrogens with one attached hydrogen (secondary N) is 1. The summed E-state index contributed by atoms with van der Waals surface area (Å²) >= 11 is 0. The van der Waals surface area contributed by atoms with E-state index >= 15 is 0 Å². The molecule has 0 saturated heterocycles. The van der Waals surface area contributed by atoms with Crippen molar-refractivity contribution in [1.29, 1.82) is 0 Å². The zero-order valence-electron chi connectivity index (χ0n) is 17.2. The second-order valence-corrected chi connectivity index (χ2v) is 7.28. The lowest BCUT2D eigenvalue weighted by atomic mass is 9.88. The van der Waals surface area contributed by atoms with Crippen LogP contribution in [0.3, 0.4) is 0 Å². The normalized spacial score (nSPS) is 11.0.